The van der Waals surface area contributed by atoms with Crippen molar-refractivity contribution in [2.24, 2.45) is 11.1 Å². The molecule has 0 spiro atoms. The third kappa shape index (κ3) is 3.48. The van der Waals surface area contributed by atoms with Crippen molar-refractivity contribution >= 4 is 37.8 Å². The highest BCUT2D eigenvalue weighted by molar-refractivity contribution is 9.10. The summed E-state index contributed by atoms with van der Waals surface area (Å²) in [6.45, 7) is 2.06. The lowest BCUT2D eigenvalue weighted by molar-refractivity contribution is -0.117. The first-order valence-corrected chi connectivity index (χ1v) is 8.07. The first-order valence-electron chi connectivity index (χ1n) is 5.56. The lowest BCUT2D eigenvalue weighted by Gasteiger charge is -2.14. The Hall–Kier alpha value is -1.06. The van der Waals surface area contributed by atoms with Gasteiger partial charge in [-0.3, -0.25) is 9.69 Å². The number of hydrogen-bond acceptors (Lipinski definition) is 5. The van der Waals surface area contributed by atoms with Crippen LogP contribution in [0, 0.1) is 12.8 Å². The second-order valence-electron chi connectivity index (χ2n) is 4.51. The van der Waals surface area contributed by atoms with E-state index in [2.05, 4.69) is 25.9 Å². The molecular weight excluding hydrogens is 336 g/mol. The predicted octanol–water partition coefficient (Wildman–Crippen LogP) is 0.189. The number of rotatable bonds is 3. The average Bonchev–Trinajstić information content (AvgIpc) is 2.61. The molecule has 1 atom stereocenters. The van der Waals surface area contributed by atoms with Gasteiger partial charge in [-0.25, -0.2) is 23.5 Å². The highest BCUT2D eigenvalue weighted by atomic mass is 79.9. The van der Waals surface area contributed by atoms with Gasteiger partial charge in [0.05, 0.1) is 15.9 Å². The molecule has 0 aromatic carbocycles. The molecule has 1 saturated heterocycles. The van der Waals surface area contributed by atoms with Crippen molar-refractivity contribution in [2.75, 3.05) is 17.2 Å². The molecule has 2 N–H and O–H groups in total. The van der Waals surface area contributed by atoms with Crippen molar-refractivity contribution in [3.8, 4) is 0 Å². The van der Waals surface area contributed by atoms with Crippen LogP contribution in [0.4, 0.5) is 5.95 Å². The van der Waals surface area contributed by atoms with Gasteiger partial charge in [0.2, 0.25) is 21.9 Å². The standard InChI is InChI=1S/C10H13BrN4O3S/c1-6-8(11)3-13-10(14-6)15-4-7(2-9(15)16)5-19(12,17)18/h3,7H,2,4-5H2,1H3,(H2,12,17,18). The smallest absolute Gasteiger partial charge is 0.232 e. The quantitative estimate of drug-likeness (QED) is 0.838. The number of carbonyl (C=O) groups is 1. The summed E-state index contributed by atoms with van der Waals surface area (Å²) >= 11 is 3.28. The molecule has 1 amide bonds. The van der Waals surface area contributed by atoms with Crippen molar-refractivity contribution in [3.05, 3.63) is 16.4 Å². The second kappa shape index (κ2) is 5.14. The summed E-state index contributed by atoms with van der Waals surface area (Å²) in [5, 5.41) is 4.99. The topological polar surface area (TPSA) is 106 Å². The van der Waals surface area contributed by atoms with Crippen molar-refractivity contribution < 1.29 is 13.2 Å². The van der Waals surface area contributed by atoms with E-state index in [0.29, 0.717) is 11.6 Å². The summed E-state index contributed by atoms with van der Waals surface area (Å²) in [4.78, 5) is 21.5. The van der Waals surface area contributed by atoms with Crippen LogP contribution in [0.25, 0.3) is 0 Å². The SMILES string of the molecule is Cc1nc(N2CC(CS(N)(=O)=O)CC2=O)ncc1Br. The number of amides is 1. The van der Waals surface area contributed by atoms with E-state index in [0.717, 1.165) is 4.47 Å². The van der Waals surface area contributed by atoms with Gasteiger partial charge in [0.25, 0.3) is 0 Å². The molecule has 7 nitrogen and oxygen atoms in total. The number of halogens is 1. The summed E-state index contributed by atoms with van der Waals surface area (Å²) in [7, 11) is -3.58. The summed E-state index contributed by atoms with van der Waals surface area (Å²) in [6, 6.07) is 0. The maximum Gasteiger partial charge on any atom is 0.232 e. The van der Waals surface area contributed by atoms with Crippen LogP contribution >= 0.6 is 15.9 Å². The molecule has 0 radical (unpaired) electrons. The molecular formula is C10H13BrN4O3S. The first-order chi connectivity index (χ1) is 8.76. The van der Waals surface area contributed by atoms with Gasteiger partial charge in [-0.2, -0.15) is 0 Å². The van der Waals surface area contributed by atoms with Crippen molar-refractivity contribution in [2.45, 2.75) is 13.3 Å². The van der Waals surface area contributed by atoms with Gasteiger partial charge in [-0.15, -0.1) is 0 Å². The molecule has 0 aliphatic carbocycles. The number of sulfonamides is 1. The molecule has 1 unspecified atom stereocenters. The zero-order valence-corrected chi connectivity index (χ0v) is 12.6. The van der Waals surface area contributed by atoms with Gasteiger partial charge in [-0.1, -0.05) is 0 Å². The number of hydrogen-bond donors (Lipinski definition) is 1. The molecule has 1 aliphatic heterocycles. The van der Waals surface area contributed by atoms with Gasteiger partial charge in [-0.05, 0) is 22.9 Å². The lowest BCUT2D eigenvalue weighted by atomic mass is 10.1. The fraction of sp³-hybridized carbons (Fsp3) is 0.500. The van der Waals surface area contributed by atoms with Gasteiger partial charge >= 0.3 is 0 Å². The molecule has 1 aromatic rings. The Labute approximate surface area is 119 Å². The van der Waals surface area contributed by atoms with Gasteiger partial charge in [0, 0.05) is 25.1 Å². The Bertz CT molecular complexity index is 619. The number of nitrogens with zero attached hydrogens (tertiary/aromatic N) is 3. The number of anilines is 1. The Morgan fingerprint density at radius 2 is 2.26 bits per heavy atom. The summed E-state index contributed by atoms with van der Waals surface area (Å²) in [6.07, 6.45) is 1.72. The van der Waals surface area contributed by atoms with E-state index in [1.165, 1.54) is 4.90 Å². The predicted molar refractivity (Wildman–Crippen MR) is 72.9 cm³/mol. The van der Waals surface area contributed by atoms with E-state index in [4.69, 9.17) is 5.14 Å². The van der Waals surface area contributed by atoms with Crippen LogP contribution < -0.4 is 10.0 Å². The zero-order chi connectivity index (χ0) is 14.2. The van der Waals surface area contributed by atoms with Crippen LogP contribution in [-0.4, -0.2) is 36.6 Å². The van der Waals surface area contributed by atoms with E-state index in [-0.39, 0.29) is 30.5 Å². The monoisotopic (exact) mass is 348 g/mol. The maximum absolute atomic E-state index is 11.9. The highest BCUT2D eigenvalue weighted by Crippen LogP contribution is 2.24. The van der Waals surface area contributed by atoms with E-state index < -0.39 is 10.0 Å². The minimum atomic E-state index is -3.58. The number of carbonyl (C=O) groups excluding carboxylic acids is 1. The van der Waals surface area contributed by atoms with E-state index >= 15 is 0 Å². The van der Waals surface area contributed by atoms with Gasteiger partial charge < -0.3 is 0 Å². The van der Waals surface area contributed by atoms with Gasteiger partial charge in [0.1, 0.15) is 0 Å². The Balaban J connectivity index is 2.18. The molecule has 19 heavy (non-hydrogen) atoms. The van der Waals surface area contributed by atoms with Crippen molar-refractivity contribution in [1.82, 2.24) is 9.97 Å². The summed E-state index contributed by atoms with van der Waals surface area (Å²) in [5.41, 5.74) is 0.715. The average molecular weight is 349 g/mol. The Kier molecular flexibility index (Phi) is 3.88. The molecule has 1 aromatic heterocycles. The third-order valence-corrected chi connectivity index (χ3v) is 4.54. The van der Waals surface area contributed by atoms with Crippen molar-refractivity contribution in [1.29, 1.82) is 0 Å². The summed E-state index contributed by atoms with van der Waals surface area (Å²) in [5.74, 6) is -0.405. The first kappa shape index (κ1) is 14.4. The number of primary sulfonamides is 1. The fourth-order valence-corrected chi connectivity index (χ4v) is 3.06. The molecule has 0 bridgehead atoms. The fourth-order valence-electron chi connectivity index (χ4n) is 1.99. The number of nitrogens with two attached hydrogens (primary N) is 1. The molecule has 2 rings (SSSR count). The molecule has 9 heteroatoms. The highest BCUT2D eigenvalue weighted by Gasteiger charge is 2.34. The second-order valence-corrected chi connectivity index (χ2v) is 7.02. The van der Waals surface area contributed by atoms with Crippen LogP contribution in [0.1, 0.15) is 12.1 Å². The number of aromatic nitrogens is 2. The zero-order valence-electron chi connectivity index (χ0n) is 10.2. The lowest BCUT2D eigenvalue weighted by Crippen LogP contribution is -2.29. The minimum absolute atomic E-state index is 0.148. The molecule has 2 heterocycles. The Morgan fingerprint density at radius 3 is 2.84 bits per heavy atom. The van der Waals surface area contributed by atoms with Crippen molar-refractivity contribution in [3.63, 3.8) is 0 Å². The van der Waals surface area contributed by atoms with Crippen LogP contribution in [-0.2, 0) is 14.8 Å². The largest absolute Gasteiger partial charge is 0.280 e. The molecule has 1 fully saturated rings. The number of aryl methyl sites for hydroxylation is 1. The maximum atomic E-state index is 11.9. The van der Waals surface area contributed by atoms with Gasteiger partial charge in [0.15, 0.2) is 0 Å². The third-order valence-electron chi connectivity index (χ3n) is 2.82. The van der Waals surface area contributed by atoms with Crippen LogP contribution in [0.15, 0.2) is 10.7 Å². The normalized spacial score (nSPS) is 20.1. The van der Waals surface area contributed by atoms with E-state index in [1.807, 2.05) is 0 Å². The minimum Gasteiger partial charge on any atom is -0.280 e. The Morgan fingerprint density at radius 1 is 1.58 bits per heavy atom. The van der Waals surface area contributed by atoms with Crippen LogP contribution in [0.3, 0.4) is 0 Å². The summed E-state index contributed by atoms with van der Waals surface area (Å²) < 4.78 is 22.8. The van der Waals surface area contributed by atoms with E-state index in [9.17, 15) is 13.2 Å². The van der Waals surface area contributed by atoms with Crippen LogP contribution in [0.2, 0.25) is 0 Å². The molecule has 0 saturated carbocycles. The van der Waals surface area contributed by atoms with Crippen LogP contribution in [0.5, 0.6) is 0 Å². The molecule has 1 aliphatic rings. The molecule has 104 valence electrons. The van der Waals surface area contributed by atoms with E-state index in [1.54, 1.807) is 13.1 Å².